The molecule has 3 nitrogen and oxygen atoms in total. The van der Waals surface area contributed by atoms with Crippen molar-refractivity contribution in [3.8, 4) is 0 Å². The van der Waals surface area contributed by atoms with Gasteiger partial charge in [-0.05, 0) is 18.2 Å². The molecule has 1 heterocycles. The van der Waals surface area contributed by atoms with Crippen molar-refractivity contribution in [1.29, 1.82) is 0 Å². The Morgan fingerprint density at radius 2 is 1.94 bits per heavy atom. The summed E-state index contributed by atoms with van der Waals surface area (Å²) in [5, 5.41) is 0.486. The Labute approximate surface area is 116 Å². The molecule has 1 aromatic heterocycles. The minimum atomic E-state index is -0.131. The third-order valence-corrected chi connectivity index (χ3v) is 2.82. The molecule has 0 aliphatic carbocycles. The molecule has 0 saturated carbocycles. The highest BCUT2D eigenvalue weighted by Gasteiger charge is 2.16. The summed E-state index contributed by atoms with van der Waals surface area (Å²) >= 11 is 9.94. The lowest BCUT2D eigenvalue weighted by Gasteiger charge is -2.22. The summed E-state index contributed by atoms with van der Waals surface area (Å²) in [6.07, 6.45) is 3.12. The van der Waals surface area contributed by atoms with E-state index in [0.29, 0.717) is 10.7 Å². The maximum atomic E-state index is 12.0. The predicted molar refractivity (Wildman–Crippen MR) is 76.7 cm³/mol. The van der Waals surface area contributed by atoms with Crippen molar-refractivity contribution in [2.75, 3.05) is 10.7 Å². The molecule has 2 aromatic rings. The number of carbonyl (C=O) groups is 1. The van der Waals surface area contributed by atoms with Gasteiger partial charge in [0.1, 0.15) is 0 Å². The molecule has 1 amide bonds. The molecule has 18 heavy (non-hydrogen) atoms. The van der Waals surface area contributed by atoms with Gasteiger partial charge < -0.3 is 0 Å². The normalized spacial score (nSPS) is 10.1. The minimum absolute atomic E-state index is 0.113. The Balaban J connectivity index is 2.47. The van der Waals surface area contributed by atoms with Crippen molar-refractivity contribution in [1.82, 2.24) is 4.98 Å². The van der Waals surface area contributed by atoms with Gasteiger partial charge in [0, 0.05) is 11.9 Å². The van der Waals surface area contributed by atoms with Crippen molar-refractivity contribution < 1.29 is 4.79 Å². The van der Waals surface area contributed by atoms with E-state index in [4.69, 9.17) is 11.6 Å². The average molecular weight is 279 g/mol. The number of halogens is 1. The van der Waals surface area contributed by atoms with Gasteiger partial charge in [0.25, 0.3) is 0 Å². The van der Waals surface area contributed by atoms with Crippen LogP contribution in [0, 0.1) is 0 Å². The molecule has 0 aliphatic heterocycles. The molecular formula is C13H11ClN2OS. The molecule has 0 spiro atoms. The van der Waals surface area contributed by atoms with Crippen LogP contribution in [-0.2, 0) is 4.79 Å². The summed E-state index contributed by atoms with van der Waals surface area (Å²) in [6, 6.07) is 11.0. The second-order valence-corrected chi connectivity index (χ2v) is 4.34. The zero-order valence-corrected chi connectivity index (χ0v) is 11.1. The molecule has 0 atom stereocenters. The number of hydrogen-bond donors (Lipinski definition) is 1. The van der Waals surface area contributed by atoms with Crippen molar-refractivity contribution in [3.63, 3.8) is 0 Å². The SMILES string of the molecule is O=C(CS)N(c1ccccc1)c1cncc(Cl)c1. The van der Waals surface area contributed by atoms with E-state index in [-0.39, 0.29) is 11.7 Å². The van der Waals surface area contributed by atoms with Crippen molar-refractivity contribution in [2.24, 2.45) is 0 Å². The molecule has 0 bridgehead atoms. The smallest absolute Gasteiger partial charge is 0.241 e. The van der Waals surface area contributed by atoms with E-state index in [1.165, 1.54) is 6.20 Å². The van der Waals surface area contributed by atoms with E-state index < -0.39 is 0 Å². The quantitative estimate of drug-likeness (QED) is 0.874. The van der Waals surface area contributed by atoms with E-state index in [9.17, 15) is 4.79 Å². The Morgan fingerprint density at radius 1 is 1.22 bits per heavy atom. The number of aromatic nitrogens is 1. The van der Waals surface area contributed by atoms with Crippen LogP contribution in [0.5, 0.6) is 0 Å². The average Bonchev–Trinajstić information content (AvgIpc) is 2.40. The number of amides is 1. The molecular weight excluding hydrogens is 268 g/mol. The largest absolute Gasteiger partial charge is 0.279 e. The van der Waals surface area contributed by atoms with Crippen LogP contribution < -0.4 is 4.90 Å². The van der Waals surface area contributed by atoms with Gasteiger partial charge >= 0.3 is 0 Å². The lowest BCUT2D eigenvalue weighted by Crippen LogP contribution is -2.27. The van der Waals surface area contributed by atoms with Crippen LogP contribution in [0.1, 0.15) is 0 Å². The third-order valence-electron chi connectivity index (χ3n) is 2.35. The molecule has 0 fully saturated rings. The Hall–Kier alpha value is -1.52. The fraction of sp³-hybridized carbons (Fsp3) is 0.0769. The fourth-order valence-corrected chi connectivity index (χ4v) is 1.92. The van der Waals surface area contributed by atoms with Crippen LogP contribution in [0.2, 0.25) is 5.02 Å². The van der Waals surface area contributed by atoms with Crippen LogP contribution in [0.4, 0.5) is 11.4 Å². The zero-order valence-electron chi connectivity index (χ0n) is 9.45. The van der Waals surface area contributed by atoms with Crippen LogP contribution >= 0.6 is 24.2 Å². The fourth-order valence-electron chi connectivity index (χ4n) is 1.61. The first-order chi connectivity index (χ1) is 8.72. The first-order valence-corrected chi connectivity index (χ1v) is 6.33. The number of pyridine rings is 1. The van der Waals surface area contributed by atoms with Gasteiger partial charge in [-0.15, -0.1) is 0 Å². The zero-order chi connectivity index (χ0) is 13.0. The van der Waals surface area contributed by atoms with Gasteiger partial charge in [-0.1, -0.05) is 29.8 Å². The predicted octanol–water partition coefficient (Wildman–Crippen LogP) is 3.33. The number of benzene rings is 1. The molecule has 1 aromatic carbocycles. The number of rotatable bonds is 3. The summed E-state index contributed by atoms with van der Waals surface area (Å²) in [5.41, 5.74) is 1.40. The maximum absolute atomic E-state index is 12.0. The highest BCUT2D eigenvalue weighted by molar-refractivity contribution is 7.81. The number of thiol groups is 1. The van der Waals surface area contributed by atoms with Crippen LogP contribution in [0.25, 0.3) is 0 Å². The van der Waals surface area contributed by atoms with Crippen LogP contribution in [0.3, 0.4) is 0 Å². The number of carbonyl (C=O) groups excluding carboxylic acids is 1. The van der Waals surface area contributed by atoms with Gasteiger partial charge in [-0.25, -0.2) is 0 Å². The Kier molecular flexibility index (Phi) is 4.23. The number of para-hydroxylation sites is 1. The van der Waals surface area contributed by atoms with Crippen molar-refractivity contribution >= 4 is 41.5 Å². The van der Waals surface area contributed by atoms with Crippen LogP contribution in [-0.4, -0.2) is 16.6 Å². The summed E-state index contributed by atoms with van der Waals surface area (Å²) in [5.74, 6) is -0.0184. The molecule has 2 rings (SSSR count). The minimum Gasteiger partial charge on any atom is -0.279 e. The summed E-state index contributed by atoms with van der Waals surface area (Å²) in [7, 11) is 0. The van der Waals surface area contributed by atoms with Crippen LogP contribution in [0.15, 0.2) is 48.8 Å². The lowest BCUT2D eigenvalue weighted by atomic mass is 10.2. The molecule has 0 aliphatic rings. The lowest BCUT2D eigenvalue weighted by molar-refractivity contribution is -0.115. The maximum Gasteiger partial charge on any atom is 0.241 e. The third kappa shape index (κ3) is 2.83. The number of hydrogen-bond acceptors (Lipinski definition) is 3. The summed E-state index contributed by atoms with van der Waals surface area (Å²) in [6.45, 7) is 0. The van der Waals surface area contributed by atoms with Gasteiger partial charge in [-0.3, -0.25) is 14.7 Å². The van der Waals surface area contributed by atoms with Gasteiger partial charge in [0.15, 0.2) is 0 Å². The second-order valence-electron chi connectivity index (χ2n) is 3.58. The molecule has 92 valence electrons. The molecule has 0 N–H and O–H groups in total. The Bertz CT molecular complexity index is 548. The summed E-state index contributed by atoms with van der Waals surface area (Å²) in [4.78, 5) is 17.5. The van der Waals surface area contributed by atoms with E-state index >= 15 is 0 Å². The number of anilines is 2. The summed E-state index contributed by atoms with van der Waals surface area (Å²) < 4.78 is 0. The topological polar surface area (TPSA) is 33.2 Å². The van der Waals surface area contributed by atoms with Gasteiger partial charge in [0.2, 0.25) is 5.91 Å². The van der Waals surface area contributed by atoms with E-state index in [1.54, 1.807) is 17.2 Å². The monoisotopic (exact) mass is 278 g/mol. The first kappa shape index (κ1) is 12.9. The van der Waals surface area contributed by atoms with E-state index in [1.807, 2.05) is 30.3 Å². The molecule has 0 unspecified atom stereocenters. The highest BCUT2D eigenvalue weighted by Crippen LogP contribution is 2.26. The first-order valence-electron chi connectivity index (χ1n) is 5.32. The molecule has 5 heteroatoms. The highest BCUT2D eigenvalue weighted by atomic mass is 35.5. The van der Waals surface area contributed by atoms with E-state index in [0.717, 1.165) is 5.69 Å². The molecule has 0 radical (unpaired) electrons. The van der Waals surface area contributed by atoms with Gasteiger partial charge in [-0.2, -0.15) is 12.6 Å². The van der Waals surface area contributed by atoms with Crippen molar-refractivity contribution in [3.05, 3.63) is 53.8 Å². The second kappa shape index (κ2) is 5.89. The number of nitrogens with zero attached hydrogens (tertiary/aromatic N) is 2. The molecule has 0 saturated heterocycles. The Morgan fingerprint density at radius 3 is 2.56 bits per heavy atom. The standard InChI is InChI=1S/C13H11ClN2OS/c14-10-6-12(8-15-7-10)16(13(17)9-18)11-4-2-1-3-5-11/h1-8,18H,9H2. The van der Waals surface area contributed by atoms with Gasteiger partial charge in [0.05, 0.1) is 22.7 Å². The van der Waals surface area contributed by atoms with E-state index in [2.05, 4.69) is 17.6 Å². The van der Waals surface area contributed by atoms with Crippen molar-refractivity contribution in [2.45, 2.75) is 0 Å².